The van der Waals surface area contributed by atoms with Crippen LogP contribution < -0.4 is 10.6 Å². The van der Waals surface area contributed by atoms with Gasteiger partial charge in [-0.25, -0.2) is 9.78 Å². The Kier molecular flexibility index (Phi) is 8.19. The molecule has 2 N–H and O–H groups in total. The highest BCUT2D eigenvalue weighted by atomic mass is 32.1. The molecule has 0 amide bonds. The molecular weight excluding hydrogens is 390 g/mol. The van der Waals surface area contributed by atoms with E-state index in [1.165, 1.54) is 11.3 Å². The number of guanidine groups is 1. The minimum Gasteiger partial charge on any atom is -0.462 e. The molecule has 0 fully saturated rings. The number of aryl methyl sites for hydroxylation is 3. The number of hydrogen-bond acceptors (Lipinski definition) is 7. The lowest BCUT2D eigenvalue weighted by Crippen LogP contribution is -2.39. The molecule has 0 radical (unpaired) electrons. The van der Waals surface area contributed by atoms with Gasteiger partial charge in [-0.05, 0) is 41.5 Å². The fraction of sp³-hybridized carbons (Fsp3) is 0.600. The van der Waals surface area contributed by atoms with E-state index in [0.29, 0.717) is 29.7 Å². The van der Waals surface area contributed by atoms with Crippen molar-refractivity contribution in [3.05, 3.63) is 32.6 Å². The number of thiazole rings is 1. The van der Waals surface area contributed by atoms with E-state index in [4.69, 9.17) is 14.3 Å². The molecule has 0 aliphatic rings. The van der Waals surface area contributed by atoms with E-state index in [1.807, 2.05) is 34.6 Å². The molecule has 0 spiro atoms. The maximum atomic E-state index is 12.1. The molecule has 2 aromatic heterocycles. The van der Waals surface area contributed by atoms with E-state index in [0.717, 1.165) is 28.6 Å². The van der Waals surface area contributed by atoms with Crippen molar-refractivity contribution >= 4 is 23.3 Å². The number of nitrogens with zero attached hydrogens (tertiary/aromatic N) is 3. The highest BCUT2D eigenvalue weighted by molar-refractivity contribution is 7.13. The first-order valence-corrected chi connectivity index (χ1v) is 10.7. The number of ether oxygens (including phenoxy) is 1. The molecule has 0 aliphatic heterocycles. The SMILES string of the molecule is CCNC(=NCC(C)c1c(C)noc1C)NC(C)c1nc(C)c(C(=O)OCC)s1. The number of aromatic nitrogens is 2. The molecule has 2 aromatic rings. The summed E-state index contributed by atoms with van der Waals surface area (Å²) in [5, 5.41) is 11.5. The number of hydrogen-bond donors (Lipinski definition) is 2. The molecule has 2 heterocycles. The van der Waals surface area contributed by atoms with Gasteiger partial charge < -0.3 is 19.9 Å². The first-order chi connectivity index (χ1) is 13.8. The van der Waals surface area contributed by atoms with Crippen molar-refractivity contribution in [2.75, 3.05) is 19.7 Å². The summed E-state index contributed by atoms with van der Waals surface area (Å²) in [5.41, 5.74) is 2.69. The lowest BCUT2D eigenvalue weighted by Gasteiger charge is -2.17. The van der Waals surface area contributed by atoms with Crippen LogP contribution in [0.5, 0.6) is 0 Å². The van der Waals surface area contributed by atoms with Gasteiger partial charge in [-0.3, -0.25) is 4.99 Å². The van der Waals surface area contributed by atoms with Gasteiger partial charge in [0.2, 0.25) is 0 Å². The van der Waals surface area contributed by atoms with Crippen LogP contribution in [0.2, 0.25) is 0 Å². The van der Waals surface area contributed by atoms with Crippen molar-refractivity contribution in [1.29, 1.82) is 0 Å². The van der Waals surface area contributed by atoms with Gasteiger partial charge in [-0.15, -0.1) is 11.3 Å². The van der Waals surface area contributed by atoms with Gasteiger partial charge >= 0.3 is 5.97 Å². The number of rotatable bonds is 8. The maximum Gasteiger partial charge on any atom is 0.350 e. The molecule has 2 unspecified atom stereocenters. The van der Waals surface area contributed by atoms with Crippen molar-refractivity contribution in [2.45, 2.75) is 60.4 Å². The van der Waals surface area contributed by atoms with Gasteiger partial charge in [0.25, 0.3) is 0 Å². The molecule has 9 heteroatoms. The van der Waals surface area contributed by atoms with Crippen LogP contribution in [0.15, 0.2) is 9.52 Å². The minimum atomic E-state index is -0.324. The highest BCUT2D eigenvalue weighted by Gasteiger charge is 2.21. The Morgan fingerprint density at radius 3 is 2.55 bits per heavy atom. The summed E-state index contributed by atoms with van der Waals surface area (Å²) in [6, 6.07) is -0.103. The minimum absolute atomic E-state index is 0.103. The summed E-state index contributed by atoms with van der Waals surface area (Å²) in [6.07, 6.45) is 0. The van der Waals surface area contributed by atoms with Gasteiger partial charge in [0.15, 0.2) is 5.96 Å². The van der Waals surface area contributed by atoms with E-state index in [2.05, 4.69) is 27.7 Å². The normalized spacial score (nSPS) is 13.8. The second-order valence-electron chi connectivity index (χ2n) is 6.91. The number of carbonyl (C=O) groups excluding carboxylic acids is 1. The molecule has 0 saturated heterocycles. The third kappa shape index (κ3) is 5.79. The van der Waals surface area contributed by atoms with Crippen molar-refractivity contribution in [3.8, 4) is 0 Å². The standard InChI is InChI=1S/C20H31N5O3S/c1-8-21-20(22-10-11(3)16-12(4)25-28-15(16)7)24-14(6)18-23-13(5)17(29-18)19(26)27-9-2/h11,14H,8-10H2,1-7H3,(H2,21,22,24). The summed E-state index contributed by atoms with van der Waals surface area (Å²) in [7, 11) is 0. The van der Waals surface area contributed by atoms with Gasteiger partial charge in [-0.2, -0.15) is 0 Å². The van der Waals surface area contributed by atoms with Gasteiger partial charge in [0.1, 0.15) is 15.6 Å². The maximum absolute atomic E-state index is 12.1. The average Bonchev–Trinajstić information content (AvgIpc) is 3.22. The third-order valence-electron chi connectivity index (χ3n) is 4.45. The summed E-state index contributed by atoms with van der Waals surface area (Å²) in [5.74, 6) is 1.39. The molecule has 0 bridgehead atoms. The topological polar surface area (TPSA) is 102 Å². The van der Waals surface area contributed by atoms with E-state index in [-0.39, 0.29) is 17.9 Å². The molecular formula is C20H31N5O3S. The fourth-order valence-corrected chi connectivity index (χ4v) is 4.05. The highest BCUT2D eigenvalue weighted by Crippen LogP contribution is 2.25. The summed E-state index contributed by atoms with van der Waals surface area (Å²) < 4.78 is 10.4. The Morgan fingerprint density at radius 1 is 1.24 bits per heavy atom. The number of esters is 1. The van der Waals surface area contributed by atoms with E-state index in [1.54, 1.807) is 6.92 Å². The van der Waals surface area contributed by atoms with Crippen molar-refractivity contribution in [1.82, 2.24) is 20.8 Å². The average molecular weight is 422 g/mol. The quantitative estimate of drug-likeness (QED) is 0.381. The predicted octanol–water partition coefficient (Wildman–Crippen LogP) is 3.65. The van der Waals surface area contributed by atoms with Crippen molar-refractivity contribution in [2.24, 2.45) is 4.99 Å². The van der Waals surface area contributed by atoms with Crippen LogP contribution in [0.4, 0.5) is 0 Å². The largest absolute Gasteiger partial charge is 0.462 e. The molecule has 8 nitrogen and oxygen atoms in total. The van der Waals surface area contributed by atoms with Crippen LogP contribution in [0.3, 0.4) is 0 Å². The molecule has 29 heavy (non-hydrogen) atoms. The summed E-state index contributed by atoms with van der Waals surface area (Å²) in [4.78, 5) is 21.9. The van der Waals surface area contributed by atoms with Crippen molar-refractivity contribution < 1.29 is 14.1 Å². The van der Waals surface area contributed by atoms with Crippen LogP contribution in [0.25, 0.3) is 0 Å². The molecule has 2 atom stereocenters. The number of aliphatic imine (C=N–C) groups is 1. The fourth-order valence-electron chi connectivity index (χ4n) is 3.09. The Labute approximate surface area is 176 Å². The van der Waals surface area contributed by atoms with Gasteiger partial charge in [-0.1, -0.05) is 12.1 Å². The monoisotopic (exact) mass is 421 g/mol. The summed E-state index contributed by atoms with van der Waals surface area (Å²) in [6.45, 7) is 15.3. The van der Waals surface area contributed by atoms with Crippen LogP contribution in [-0.4, -0.2) is 41.8 Å². The van der Waals surface area contributed by atoms with E-state index < -0.39 is 0 Å². The Morgan fingerprint density at radius 2 is 1.97 bits per heavy atom. The third-order valence-corrected chi connectivity index (χ3v) is 5.77. The van der Waals surface area contributed by atoms with Gasteiger partial charge in [0, 0.05) is 24.6 Å². The van der Waals surface area contributed by atoms with Crippen LogP contribution in [-0.2, 0) is 4.74 Å². The smallest absolute Gasteiger partial charge is 0.350 e. The van der Waals surface area contributed by atoms with Gasteiger partial charge in [0.05, 0.1) is 24.0 Å². The Bertz CT molecular complexity index is 839. The summed E-state index contributed by atoms with van der Waals surface area (Å²) >= 11 is 1.35. The second kappa shape index (κ2) is 10.4. The van der Waals surface area contributed by atoms with Crippen LogP contribution >= 0.6 is 11.3 Å². The molecule has 0 aromatic carbocycles. The predicted molar refractivity (Wildman–Crippen MR) is 115 cm³/mol. The number of nitrogens with one attached hydrogen (secondary N) is 2. The lowest BCUT2D eigenvalue weighted by molar-refractivity contribution is 0.0531. The molecule has 0 aliphatic carbocycles. The van der Waals surface area contributed by atoms with Crippen molar-refractivity contribution in [3.63, 3.8) is 0 Å². The molecule has 0 saturated carbocycles. The van der Waals surface area contributed by atoms with Crippen LogP contribution in [0, 0.1) is 20.8 Å². The lowest BCUT2D eigenvalue weighted by atomic mass is 10.00. The van der Waals surface area contributed by atoms with E-state index in [9.17, 15) is 4.79 Å². The number of carbonyl (C=O) groups is 1. The zero-order valence-corrected chi connectivity index (χ0v) is 19.1. The molecule has 2 rings (SSSR count). The van der Waals surface area contributed by atoms with E-state index >= 15 is 0 Å². The van der Waals surface area contributed by atoms with Crippen LogP contribution in [0.1, 0.15) is 77.0 Å². The first kappa shape index (κ1) is 22.9. The first-order valence-electron chi connectivity index (χ1n) is 9.90. The zero-order valence-electron chi connectivity index (χ0n) is 18.3. The Hall–Kier alpha value is -2.42. The molecule has 160 valence electrons. The second-order valence-corrected chi connectivity index (χ2v) is 7.94. The Balaban J connectivity index is 2.10. The zero-order chi connectivity index (χ0) is 21.6.